The standard InChI is InChI=1S/C13H10FIN2O2/c1-19-12-4-5-16-7-11(12)17-13(18)8-2-3-10(15)9(14)6-8/h2-7H,1H3,(H,17,18). The zero-order valence-corrected chi connectivity index (χ0v) is 12.1. The molecule has 2 rings (SSSR count). The van der Waals surface area contributed by atoms with Crippen molar-refractivity contribution in [2.24, 2.45) is 0 Å². The molecule has 19 heavy (non-hydrogen) atoms. The number of aromatic nitrogens is 1. The Bertz CT molecular complexity index is 619. The molecular weight excluding hydrogens is 362 g/mol. The molecule has 1 N–H and O–H groups in total. The second kappa shape index (κ2) is 5.96. The van der Waals surface area contributed by atoms with Crippen LogP contribution in [0.4, 0.5) is 10.1 Å². The summed E-state index contributed by atoms with van der Waals surface area (Å²) in [6.45, 7) is 0. The van der Waals surface area contributed by atoms with Gasteiger partial charge in [0.15, 0.2) is 0 Å². The molecule has 0 fully saturated rings. The fraction of sp³-hybridized carbons (Fsp3) is 0.0769. The highest BCUT2D eigenvalue weighted by Gasteiger charge is 2.11. The number of carbonyl (C=O) groups is 1. The summed E-state index contributed by atoms with van der Waals surface area (Å²) in [6, 6.07) is 5.93. The molecule has 1 aromatic carbocycles. The van der Waals surface area contributed by atoms with Crippen molar-refractivity contribution in [3.8, 4) is 5.75 Å². The third-order valence-electron chi connectivity index (χ3n) is 2.43. The number of carbonyl (C=O) groups excluding carboxylic acids is 1. The van der Waals surface area contributed by atoms with Crippen molar-refractivity contribution in [2.45, 2.75) is 0 Å². The van der Waals surface area contributed by atoms with Crippen LogP contribution in [0.2, 0.25) is 0 Å². The van der Waals surface area contributed by atoms with Gasteiger partial charge in [0.2, 0.25) is 0 Å². The van der Waals surface area contributed by atoms with Crippen LogP contribution < -0.4 is 10.1 Å². The highest BCUT2D eigenvalue weighted by Crippen LogP contribution is 2.22. The van der Waals surface area contributed by atoms with Gasteiger partial charge in [-0.25, -0.2) is 4.39 Å². The monoisotopic (exact) mass is 372 g/mol. The van der Waals surface area contributed by atoms with Crippen LogP contribution in [0.1, 0.15) is 10.4 Å². The maximum Gasteiger partial charge on any atom is 0.255 e. The van der Waals surface area contributed by atoms with Crippen LogP contribution in [0, 0.1) is 9.39 Å². The number of hydrogen-bond acceptors (Lipinski definition) is 3. The Balaban J connectivity index is 2.23. The molecule has 0 bridgehead atoms. The number of ether oxygens (including phenoxy) is 1. The summed E-state index contributed by atoms with van der Waals surface area (Å²) < 4.78 is 19.0. The van der Waals surface area contributed by atoms with Gasteiger partial charge in [-0.2, -0.15) is 0 Å². The molecule has 1 heterocycles. The smallest absolute Gasteiger partial charge is 0.255 e. The second-order valence-electron chi connectivity index (χ2n) is 3.66. The Morgan fingerprint density at radius 2 is 2.21 bits per heavy atom. The lowest BCUT2D eigenvalue weighted by Gasteiger charge is -2.09. The minimum absolute atomic E-state index is 0.240. The van der Waals surface area contributed by atoms with Crippen LogP contribution >= 0.6 is 22.6 Å². The number of halogens is 2. The zero-order chi connectivity index (χ0) is 13.8. The maximum atomic E-state index is 13.4. The number of rotatable bonds is 3. The van der Waals surface area contributed by atoms with Crippen molar-refractivity contribution < 1.29 is 13.9 Å². The molecule has 1 amide bonds. The van der Waals surface area contributed by atoms with E-state index in [4.69, 9.17) is 4.74 Å². The number of benzene rings is 1. The molecule has 0 atom stereocenters. The first-order valence-corrected chi connectivity index (χ1v) is 6.44. The normalized spacial score (nSPS) is 10.1. The van der Waals surface area contributed by atoms with Crippen LogP contribution in [-0.4, -0.2) is 18.0 Å². The number of methoxy groups -OCH3 is 1. The van der Waals surface area contributed by atoms with Gasteiger partial charge >= 0.3 is 0 Å². The molecule has 2 aromatic rings. The van der Waals surface area contributed by atoms with E-state index in [1.165, 1.54) is 19.4 Å². The molecule has 0 aliphatic carbocycles. The summed E-state index contributed by atoms with van der Waals surface area (Å²) in [5, 5.41) is 2.63. The molecule has 98 valence electrons. The number of nitrogens with one attached hydrogen (secondary N) is 1. The van der Waals surface area contributed by atoms with Crippen molar-refractivity contribution in [1.82, 2.24) is 4.98 Å². The van der Waals surface area contributed by atoms with Gasteiger partial charge in [0.05, 0.1) is 13.3 Å². The van der Waals surface area contributed by atoms with E-state index in [1.54, 1.807) is 24.4 Å². The van der Waals surface area contributed by atoms with Crippen molar-refractivity contribution in [3.05, 3.63) is 51.6 Å². The number of hydrogen-bond donors (Lipinski definition) is 1. The van der Waals surface area contributed by atoms with Gasteiger partial charge in [-0.05, 0) is 40.8 Å². The third kappa shape index (κ3) is 3.19. The summed E-state index contributed by atoms with van der Waals surface area (Å²) in [7, 11) is 1.50. The van der Waals surface area contributed by atoms with Gasteiger partial charge in [-0.15, -0.1) is 0 Å². The van der Waals surface area contributed by atoms with Crippen molar-refractivity contribution in [3.63, 3.8) is 0 Å². The topological polar surface area (TPSA) is 51.2 Å². The Labute approximate surface area is 123 Å². The first-order valence-electron chi connectivity index (χ1n) is 5.36. The summed E-state index contributed by atoms with van der Waals surface area (Å²) in [5.41, 5.74) is 0.679. The number of pyridine rings is 1. The van der Waals surface area contributed by atoms with Crippen LogP contribution in [-0.2, 0) is 0 Å². The molecule has 0 saturated heterocycles. The Hall–Kier alpha value is -1.70. The quantitative estimate of drug-likeness (QED) is 0.843. The molecule has 0 saturated carbocycles. The predicted octanol–water partition coefficient (Wildman–Crippen LogP) is 3.09. The molecular formula is C13H10FIN2O2. The Kier molecular flexibility index (Phi) is 4.31. The van der Waals surface area contributed by atoms with Crippen molar-refractivity contribution in [2.75, 3.05) is 12.4 Å². The largest absolute Gasteiger partial charge is 0.494 e. The van der Waals surface area contributed by atoms with Crippen LogP contribution in [0.25, 0.3) is 0 Å². The van der Waals surface area contributed by atoms with Crippen molar-refractivity contribution >= 4 is 34.2 Å². The maximum absolute atomic E-state index is 13.4. The van der Waals surface area contributed by atoms with E-state index < -0.39 is 11.7 Å². The minimum Gasteiger partial charge on any atom is -0.494 e. The average Bonchev–Trinajstić information content (AvgIpc) is 2.42. The Morgan fingerprint density at radius 3 is 2.89 bits per heavy atom. The minimum atomic E-state index is -0.425. The first-order chi connectivity index (χ1) is 9.11. The first kappa shape index (κ1) is 13.7. The van der Waals surface area contributed by atoms with Gasteiger partial charge in [0.1, 0.15) is 17.3 Å². The molecule has 1 aromatic heterocycles. The van der Waals surface area contributed by atoms with Crippen LogP contribution in [0.15, 0.2) is 36.7 Å². The predicted molar refractivity (Wildman–Crippen MR) is 77.9 cm³/mol. The van der Waals surface area contributed by atoms with E-state index >= 15 is 0 Å². The van der Waals surface area contributed by atoms with Gasteiger partial charge in [-0.3, -0.25) is 9.78 Å². The fourth-order valence-electron chi connectivity index (χ4n) is 1.49. The van der Waals surface area contributed by atoms with Gasteiger partial charge < -0.3 is 10.1 Å². The molecule has 0 unspecified atom stereocenters. The summed E-state index contributed by atoms with van der Waals surface area (Å²) in [4.78, 5) is 15.9. The molecule has 0 spiro atoms. The van der Waals surface area contributed by atoms with Crippen LogP contribution in [0.5, 0.6) is 5.75 Å². The third-order valence-corrected chi connectivity index (χ3v) is 3.31. The molecule has 0 aliphatic rings. The molecule has 6 heteroatoms. The lowest BCUT2D eigenvalue weighted by molar-refractivity contribution is 0.102. The Morgan fingerprint density at radius 1 is 1.42 bits per heavy atom. The van der Waals surface area contributed by atoms with E-state index in [0.29, 0.717) is 15.0 Å². The summed E-state index contributed by atoms with van der Waals surface area (Å²) >= 11 is 1.86. The highest BCUT2D eigenvalue weighted by molar-refractivity contribution is 14.1. The lowest BCUT2D eigenvalue weighted by atomic mass is 10.2. The zero-order valence-electron chi connectivity index (χ0n) is 9.98. The fourth-order valence-corrected chi connectivity index (χ4v) is 1.82. The van der Waals surface area contributed by atoms with E-state index in [0.717, 1.165) is 0 Å². The number of anilines is 1. The molecule has 0 aliphatic heterocycles. The van der Waals surface area contributed by atoms with E-state index in [9.17, 15) is 9.18 Å². The van der Waals surface area contributed by atoms with E-state index in [2.05, 4.69) is 10.3 Å². The van der Waals surface area contributed by atoms with Crippen LogP contribution in [0.3, 0.4) is 0 Å². The highest BCUT2D eigenvalue weighted by atomic mass is 127. The molecule has 0 radical (unpaired) electrons. The summed E-state index contributed by atoms with van der Waals surface area (Å²) in [5.74, 6) is -0.345. The second-order valence-corrected chi connectivity index (χ2v) is 4.82. The average molecular weight is 372 g/mol. The lowest BCUT2D eigenvalue weighted by Crippen LogP contribution is -2.13. The SMILES string of the molecule is COc1ccncc1NC(=O)c1ccc(I)c(F)c1. The van der Waals surface area contributed by atoms with Crippen molar-refractivity contribution in [1.29, 1.82) is 0 Å². The molecule has 4 nitrogen and oxygen atoms in total. The number of nitrogens with zero attached hydrogens (tertiary/aromatic N) is 1. The van der Waals surface area contributed by atoms with Gasteiger partial charge in [0.25, 0.3) is 5.91 Å². The van der Waals surface area contributed by atoms with E-state index in [1.807, 2.05) is 22.6 Å². The van der Waals surface area contributed by atoms with Gasteiger partial charge in [0, 0.05) is 21.4 Å². The van der Waals surface area contributed by atoms with E-state index in [-0.39, 0.29) is 5.56 Å². The summed E-state index contributed by atoms with van der Waals surface area (Å²) in [6.07, 6.45) is 3.03. The van der Waals surface area contributed by atoms with Gasteiger partial charge in [-0.1, -0.05) is 0 Å². The number of amides is 1.